The molecule has 68 valence electrons. The second-order valence-corrected chi connectivity index (χ2v) is 2.80. The molecule has 0 aliphatic carbocycles. The number of para-hydroxylation sites is 1. The molecular weight excluding hydrogens is 214 g/mol. The number of benzene rings is 1. The Bertz CT molecular complexity index is 225. The molecule has 0 radical (unpaired) electrons. The van der Waals surface area contributed by atoms with Gasteiger partial charge in [-0.2, -0.15) is 0 Å². The van der Waals surface area contributed by atoms with E-state index in [1.165, 1.54) is 16.8 Å². The predicted molar refractivity (Wildman–Crippen MR) is 60.4 cm³/mol. The SMILES string of the molecule is Br.CCNc1c(C)cccc1C. The van der Waals surface area contributed by atoms with Crippen molar-refractivity contribution < 1.29 is 0 Å². The molecule has 12 heavy (non-hydrogen) atoms. The third kappa shape index (κ3) is 2.52. The summed E-state index contributed by atoms with van der Waals surface area (Å²) in [5, 5.41) is 3.34. The van der Waals surface area contributed by atoms with Gasteiger partial charge in [-0.05, 0) is 31.9 Å². The first-order valence-corrected chi connectivity index (χ1v) is 4.05. The van der Waals surface area contributed by atoms with E-state index in [1.54, 1.807) is 0 Å². The van der Waals surface area contributed by atoms with Crippen LogP contribution in [0.1, 0.15) is 18.1 Å². The van der Waals surface area contributed by atoms with E-state index in [2.05, 4.69) is 44.3 Å². The largest absolute Gasteiger partial charge is 0.385 e. The zero-order valence-electron chi connectivity index (χ0n) is 7.85. The summed E-state index contributed by atoms with van der Waals surface area (Å²) in [5.74, 6) is 0. The fraction of sp³-hybridized carbons (Fsp3) is 0.400. The van der Waals surface area contributed by atoms with Crippen molar-refractivity contribution in [1.29, 1.82) is 0 Å². The Morgan fingerprint density at radius 3 is 2.08 bits per heavy atom. The van der Waals surface area contributed by atoms with Crippen molar-refractivity contribution in [3.05, 3.63) is 29.3 Å². The molecule has 0 aliphatic heterocycles. The molecule has 0 unspecified atom stereocenters. The molecule has 1 aromatic carbocycles. The quantitative estimate of drug-likeness (QED) is 0.821. The number of aryl methyl sites for hydroxylation is 2. The minimum atomic E-state index is 0. The molecule has 0 amide bonds. The molecule has 0 heterocycles. The summed E-state index contributed by atoms with van der Waals surface area (Å²) in [5.41, 5.74) is 3.94. The van der Waals surface area contributed by atoms with Crippen LogP contribution in [0.15, 0.2) is 18.2 Å². The Labute approximate surface area is 85.0 Å². The second kappa shape index (κ2) is 5.20. The van der Waals surface area contributed by atoms with E-state index in [4.69, 9.17) is 0 Å². The first kappa shape index (κ1) is 11.5. The van der Waals surface area contributed by atoms with Crippen LogP contribution in [-0.2, 0) is 0 Å². The van der Waals surface area contributed by atoms with E-state index >= 15 is 0 Å². The third-order valence-corrected chi connectivity index (χ3v) is 1.83. The van der Waals surface area contributed by atoms with Gasteiger partial charge in [0.25, 0.3) is 0 Å². The summed E-state index contributed by atoms with van der Waals surface area (Å²) in [6, 6.07) is 6.35. The van der Waals surface area contributed by atoms with Crippen LogP contribution >= 0.6 is 17.0 Å². The average molecular weight is 230 g/mol. The molecule has 1 rings (SSSR count). The molecule has 0 saturated heterocycles. The number of hydrogen-bond acceptors (Lipinski definition) is 1. The van der Waals surface area contributed by atoms with Gasteiger partial charge in [-0.1, -0.05) is 18.2 Å². The lowest BCUT2D eigenvalue weighted by Gasteiger charge is -2.09. The van der Waals surface area contributed by atoms with E-state index in [1.807, 2.05) is 0 Å². The van der Waals surface area contributed by atoms with Gasteiger partial charge in [-0.25, -0.2) is 0 Å². The molecule has 0 aliphatic rings. The molecule has 0 atom stereocenters. The summed E-state index contributed by atoms with van der Waals surface area (Å²) >= 11 is 0. The van der Waals surface area contributed by atoms with E-state index in [0.29, 0.717) is 0 Å². The van der Waals surface area contributed by atoms with Crippen molar-refractivity contribution >= 4 is 22.7 Å². The normalized spacial score (nSPS) is 8.92. The molecule has 1 aromatic rings. The van der Waals surface area contributed by atoms with Crippen molar-refractivity contribution in [2.24, 2.45) is 0 Å². The lowest BCUT2D eigenvalue weighted by atomic mass is 10.1. The Kier molecular flexibility index (Phi) is 4.98. The average Bonchev–Trinajstić information content (AvgIpc) is 1.97. The highest BCUT2D eigenvalue weighted by molar-refractivity contribution is 8.93. The minimum Gasteiger partial charge on any atom is -0.385 e. The lowest BCUT2D eigenvalue weighted by molar-refractivity contribution is 1.18. The molecule has 0 aromatic heterocycles. The summed E-state index contributed by atoms with van der Waals surface area (Å²) in [7, 11) is 0. The van der Waals surface area contributed by atoms with Crippen LogP contribution in [0.5, 0.6) is 0 Å². The summed E-state index contributed by atoms with van der Waals surface area (Å²) in [4.78, 5) is 0. The number of nitrogens with one attached hydrogen (secondary N) is 1. The second-order valence-electron chi connectivity index (χ2n) is 2.80. The van der Waals surface area contributed by atoms with Gasteiger partial charge in [0.15, 0.2) is 0 Å². The Hall–Kier alpha value is -0.500. The van der Waals surface area contributed by atoms with Gasteiger partial charge in [0.05, 0.1) is 0 Å². The van der Waals surface area contributed by atoms with Crippen LogP contribution < -0.4 is 5.32 Å². The van der Waals surface area contributed by atoms with Crippen molar-refractivity contribution in [2.75, 3.05) is 11.9 Å². The zero-order chi connectivity index (χ0) is 8.27. The zero-order valence-corrected chi connectivity index (χ0v) is 9.56. The lowest BCUT2D eigenvalue weighted by Crippen LogP contribution is -2.00. The number of rotatable bonds is 2. The van der Waals surface area contributed by atoms with Crippen LogP contribution in [0.25, 0.3) is 0 Å². The Balaban J connectivity index is 0.00000121. The number of hydrogen-bond donors (Lipinski definition) is 1. The van der Waals surface area contributed by atoms with Gasteiger partial charge in [0.1, 0.15) is 0 Å². The Morgan fingerprint density at radius 1 is 1.17 bits per heavy atom. The van der Waals surface area contributed by atoms with Crippen molar-refractivity contribution in [2.45, 2.75) is 20.8 Å². The fourth-order valence-corrected chi connectivity index (χ4v) is 1.27. The monoisotopic (exact) mass is 229 g/mol. The smallest absolute Gasteiger partial charge is 0.0399 e. The maximum atomic E-state index is 3.34. The maximum absolute atomic E-state index is 3.34. The summed E-state index contributed by atoms with van der Waals surface area (Å²) in [6.07, 6.45) is 0. The van der Waals surface area contributed by atoms with Crippen LogP contribution in [0.4, 0.5) is 5.69 Å². The van der Waals surface area contributed by atoms with Crippen LogP contribution in [-0.4, -0.2) is 6.54 Å². The van der Waals surface area contributed by atoms with Gasteiger partial charge >= 0.3 is 0 Å². The van der Waals surface area contributed by atoms with Gasteiger partial charge < -0.3 is 5.32 Å². The van der Waals surface area contributed by atoms with Gasteiger partial charge in [-0.15, -0.1) is 17.0 Å². The van der Waals surface area contributed by atoms with Crippen LogP contribution in [0, 0.1) is 13.8 Å². The van der Waals surface area contributed by atoms with E-state index in [9.17, 15) is 0 Å². The third-order valence-electron chi connectivity index (χ3n) is 1.83. The summed E-state index contributed by atoms with van der Waals surface area (Å²) in [6.45, 7) is 7.37. The fourth-order valence-electron chi connectivity index (χ4n) is 1.27. The number of halogens is 1. The first-order chi connectivity index (χ1) is 5.25. The van der Waals surface area contributed by atoms with Crippen molar-refractivity contribution in [3.63, 3.8) is 0 Å². The molecule has 0 spiro atoms. The predicted octanol–water partition coefficient (Wildman–Crippen LogP) is 3.31. The molecule has 0 fully saturated rings. The highest BCUT2D eigenvalue weighted by Gasteiger charge is 1.97. The standard InChI is InChI=1S/C10H15N.BrH/c1-4-11-10-8(2)6-5-7-9(10)3;/h5-7,11H,4H2,1-3H3;1H. The van der Waals surface area contributed by atoms with Crippen molar-refractivity contribution in [3.8, 4) is 0 Å². The summed E-state index contributed by atoms with van der Waals surface area (Å²) < 4.78 is 0. The first-order valence-electron chi connectivity index (χ1n) is 4.05. The minimum absolute atomic E-state index is 0. The molecule has 0 bridgehead atoms. The molecule has 2 heteroatoms. The van der Waals surface area contributed by atoms with E-state index < -0.39 is 0 Å². The topological polar surface area (TPSA) is 12.0 Å². The highest BCUT2D eigenvalue weighted by Crippen LogP contribution is 2.18. The highest BCUT2D eigenvalue weighted by atomic mass is 79.9. The van der Waals surface area contributed by atoms with Gasteiger partial charge in [-0.3, -0.25) is 0 Å². The molecule has 1 nitrogen and oxygen atoms in total. The van der Waals surface area contributed by atoms with Gasteiger partial charge in [0.2, 0.25) is 0 Å². The van der Waals surface area contributed by atoms with E-state index in [0.717, 1.165) is 6.54 Å². The van der Waals surface area contributed by atoms with Crippen molar-refractivity contribution in [1.82, 2.24) is 0 Å². The van der Waals surface area contributed by atoms with E-state index in [-0.39, 0.29) is 17.0 Å². The molecular formula is C10H16BrN. The van der Waals surface area contributed by atoms with Crippen LogP contribution in [0.3, 0.4) is 0 Å². The number of anilines is 1. The molecule has 0 saturated carbocycles. The Morgan fingerprint density at radius 2 is 1.67 bits per heavy atom. The maximum Gasteiger partial charge on any atom is 0.0399 e. The molecule has 1 N–H and O–H groups in total. The van der Waals surface area contributed by atoms with Gasteiger partial charge in [0, 0.05) is 12.2 Å². The van der Waals surface area contributed by atoms with Crippen LogP contribution in [0.2, 0.25) is 0 Å².